The van der Waals surface area contributed by atoms with Crippen LogP contribution in [0.2, 0.25) is 0 Å². The van der Waals surface area contributed by atoms with Gasteiger partial charge in [-0.25, -0.2) is 0 Å². The van der Waals surface area contributed by atoms with Crippen molar-refractivity contribution in [2.45, 2.75) is 25.9 Å². The number of carbonyl (C=O) groups is 1. The lowest BCUT2D eigenvalue weighted by atomic mass is 9.93. The molecule has 132 valence electrons. The number of aliphatic hydroxyl groups excluding tert-OH is 1. The van der Waals surface area contributed by atoms with E-state index in [2.05, 4.69) is 10.2 Å². The molecule has 1 amide bonds. The fourth-order valence-corrected chi connectivity index (χ4v) is 3.48. The number of likely N-dealkylation sites (tertiary alicyclic amines) is 1. The van der Waals surface area contributed by atoms with Gasteiger partial charge in [0.25, 0.3) is 0 Å². The van der Waals surface area contributed by atoms with Crippen molar-refractivity contribution in [2.75, 3.05) is 25.0 Å². The van der Waals surface area contributed by atoms with E-state index in [0.717, 1.165) is 42.7 Å². The van der Waals surface area contributed by atoms with E-state index >= 15 is 0 Å². The zero-order chi connectivity index (χ0) is 17.6. The summed E-state index contributed by atoms with van der Waals surface area (Å²) >= 11 is 0. The zero-order valence-corrected chi connectivity index (χ0v) is 14.7. The molecule has 2 aromatic rings. The highest BCUT2D eigenvalue weighted by molar-refractivity contribution is 5.96. The zero-order valence-electron chi connectivity index (χ0n) is 14.7. The summed E-state index contributed by atoms with van der Waals surface area (Å²) in [7, 11) is 0. The van der Waals surface area contributed by atoms with Crippen LogP contribution in [0.3, 0.4) is 0 Å². The highest BCUT2D eigenvalue weighted by atomic mass is 16.3. The number of para-hydroxylation sites is 1. The van der Waals surface area contributed by atoms with Crippen LogP contribution in [0.5, 0.6) is 0 Å². The first-order chi connectivity index (χ1) is 12.1. The van der Waals surface area contributed by atoms with Crippen molar-refractivity contribution < 1.29 is 9.90 Å². The molecule has 0 spiro atoms. The maximum Gasteiger partial charge on any atom is 0.238 e. The van der Waals surface area contributed by atoms with Gasteiger partial charge in [-0.15, -0.1) is 0 Å². The van der Waals surface area contributed by atoms with Crippen molar-refractivity contribution in [1.82, 2.24) is 4.90 Å². The largest absolute Gasteiger partial charge is 0.393 e. The van der Waals surface area contributed by atoms with Crippen molar-refractivity contribution in [2.24, 2.45) is 5.92 Å². The molecule has 2 unspecified atom stereocenters. The third kappa shape index (κ3) is 4.68. The van der Waals surface area contributed by atoms with Crippen LogP contribution in [-0.4, -0.2) is 41.7 Å². The van der Waals surface area contributed by atoms with Crippen molar-refractivity contribution in [1.29, 1.82) is 0 Å². The molecule has 0 aromatic heterocycles. The highest BCUT2D eigenvalue weighted by Gasteiger charge is 2.24. The van der Waals surface area contributed by atoms with Crippen molar-refractivity contribution in [3.63, 3.8) is 0 Å². The average Bonchev–Trinajstić information content (AvgIpc) is 2.63. The summed E-state index contributed by atoms with van der Waals surface area (Å²) in [6.45, 7) is 3.90. The van der Waals surface area contributed by atoms with E-state index in [0.29, 0.717) is 6.54 Å². The van der Waals surface area contributed by atoms with E-state index in [-0.39, 0.29) is 17.9 Å². The van der Waals surface area contributed by atoms with E-state index in [1.807, 2.05) is 61.5 Å². The number of amides is 1. The maximum absolute atomic E-state index is 12.5. The molecular weight excluding hydrogens is 312 g/mol. The van der Waals surface area contributed by atoms with E-state index in [1.165, 1.54) is 0 Å². The van der Waals surface area contributed by atoms with Gasteiger partial charge in [0.15, 0.2) is 0 Å². The molecule has 4 nitrogen and oxygen atoms in total. The van der Waals surface area contributed by atoms with Crippen LogP contribution in [0.15, 0.2) is 54.6 Å². The summed E-state index contributed by atoms with van der Waals surface area (Å²) in [5.41, 5.74) is 2.95. The number of nitrogens with one attached hydrogen (secondary N) is 1. The van der Waals surface area contributed by atoms with Gasteiger partial charge in [-0.1, -0.05) is 48.5 Å². The predicted molar refractivity (Wildman–Crippen MR) is 101 cm³/mol. The molecule has 0 saturated carbocycles. The van der Waals surface area contributed by atoms with Gasteiger partial charge in [-0.05, 0) is 43.9 Å². The lowest BCUT2D eigenvalue weighted by Gasteiger charge is -2.33. The third-order valence-corrected chi connectivity index (χ3v) is 4.88. The first-order valence-electron chi connectivity index (χ1n) is 8.98. The van der Waals surface area contributed by atoms with Gasteiger partial charge in [0.1, 0.15) is 0 Å². The quantitative estimate of drug-likeness (QED) is 0.879. The number of benzene rings is 2. The molecule has 4 heteroatoms. The molecule has 2 N–H and O–H groups in total. The molecule has 25 heavy (non-hydrogen) atoms. The van der Waals surface area contributed by atoms with E-state index in [9.17, 15) is 9.90 Å². The van der Waals surface area contributed by atoms with Crippen LogP contribution >= 0.6 is 0 Å². The Bertz CT molecular complexity index is 700. The molecule has 2 atom stereocenters. The number of hydrogen-bond donors (Lipinski definition) is 2. The average molecular weight is 338 g/mol. The molecule has 3 rings (SSSR count). The second-order valence-electron chi connectivity index (χ2n) is 6.84. The first kappa shape index (κ1) is 17.6. The van der Waals surface area contributed by atoms with Crippen LogP contribution in [-0.2, 0) is 4.79 Å². The van der Waals surface area contributed by atoms with Gasteiger partial charge in [0.2, 0.25) is 5.91 Å². The van der Waals surface area contributed by atoms with Gasteiger partial charge in [-0.3, -0.25) is 9.69 Å². The molecule has 1 aliphatic heterocycles. The summed E-state index contributed by atoms with van der Waals surface area (Å²) in [6, 6.07) is 18.0. The molecule has 1 heterocycles. The Morgan fingerprint density at radius 1 is 1.20 bits per heavy atom. The smallest absolute Gasteiger partial charge is 0.238 e. The number of aliphatic hydroxyl groups is 1. The SMILES string of the molecule is CC(O)C1CCCN(CC(=O)Nc2ccccc2-c2ccccc2)C1. The number of rotatable bonds is 5. The number of carbonyl (C=O) groups excluding carboxylic acids is 1. The monoisotopic (exact) mass is 338 g/mol. The predicted octanol–water partition coefficient (Wildman–Crippen LogP) is 3.38. The Labute approximate surface area is 149 Å². The summed E-state index contributed by atoms with van der Waals surface area (Å²) in [5.74, 6) is 0.257. The molecule has 1 saturated heterocycles. The molecule has 1 fully saturated rings. The first-order valence-corrected chi connectivity index (χ1v) is 8.98. The molecule has 0 bridgehead atoms. The standard InChI is InChI=1S/C21H26N2O2/c1-16(24)18-10-7-13-23(14-18)15-21(25)22-20-12-6-5-11-19(20)17-8-3-2-4-9-17/h2-6,8-9,11-12,16,18,24H,7,10,13-15H2,1H3,(H,22,25). The second-order valence-corrected chi connectivity index (χ2v) is 6.84. The van der Waals surface area contributed by atoms with E-state index < -0.39 is 0 Å². The lowest BCUT2D eigenvalue weighted by Crippen LogP contribution is -2.43. The van der Waals surface area contributed by atoms with Crippen LogP contribution in [0.4, 0.5) is 5.69 Å². The van der Waals surface area contributed by atoms with Crippen LogP contribution < -0.4 is 5.32 Å². The van der Waals surface area contributed by atoms with Gasteiger partial charge >= 0.3 is 0 Å². The normalized spacial score (nSPS) is 19.4. The Balaban J connectivity index is 1.66. The van der Waals surface area contributed by atoms with Gasteiger partial charge in [0, 0.05) is 17.8 Å². The van der Waals surface area contributed by atoms with Crippen molar-refractivity contribution in [3.8, 4) is 11.1 Å². The van der Waals surface area contributed by atoms with Gasteiger partial charge in [-0.2, -0.15) is 0 Å². The highest BCUT2D eigenvalue weighted by Crippen LogP contribution is 2.27. The number of hydrogen-bond acceptors (Lipinski definition) is 3. The Morgan fingerprint density at radius 2 is 1.92 bits per heavy atom. The summed E-state index contributed by atoms with van der Waals surface area (Å²) in [4.78, 5) is 14.7. The lowest BCUT2D eigenvalue weighted by molar-refractivity contribution is -0.118. The Kier molecular flexibility index (Phi) is 5.84. The number of nitrogens with zero attached hydrogens (tertiary/aromatic N) is 1. The summed E-state index contributed by atoms with van der Waals surface area (Å²) in [6.07, 6.45) is 1.75. The molecule has 0 radical (unpaired) electrons. The topological polar surface area (TPSA) is 52.6 Å². The summed E-state index contributed by atoms with van der Waals surface area (Å²) in [5, 5.41) is 12.9. The minimum atomic E-state index is -0.315. The van der Waals surface area contributed by atoms with E-state index in [1.54, 1.807) is 0 Å². The Morgan fingerprint density at radius 3 is 2.68 bits per heavy atom. The number of piperidine rings is 1. The molecule has 2 aromatic carbocycles. The number of anilines is 1. The van der Waals surface area contributed by atoms with Crippen molar-refractivity contribution in [3.05, 3.63) is 54.6 Å². The summed E-state index contributed by atoms with van der Waals surface area (Å²) < 4.78 is 0. The van der Waals surface area contributed by atoms with Crippen LogP contribution in [0, 0.1) is 5.92 Å². The fourth-order valence-electron chi connectivity index (χ4n) is 3.48. The van der Waals surface area contributed by atoms with Crippen LogP contribution in [0.1, 0.15) is 19.8 Å². The molecular formula is C21H26N2O2. The third-order valence-electron chi connectivity index (χ3n) is 4.88. The minimum Gasteiger partial charge on any atom is -0.393 e. The second kappa shape index (κ2) is 8.28. The Hall–Kier alpha value is -2.17. The minimum absolute atomic E-state index is 0.00498. The molecule has 0 aliphatic carbocycles. The maximum atomic E-state index is 12.5. The van der Waals surface area contributed by atoms with Crippen molar-refractivity contribution >= 4 is 11.6 Å². The van der Waals surface area contributed by atoms with Crippen LogP contribution in [0.25, 0.3) is 11.1 Å². The van der Waals surface area contributed by atoms with Gasteiger partial charge in [0.05, 0.1) is 12.6 Å². The fraction of sp³-hybridized carbons (Fsp3) is 0.381. The molecule has 1 aliphatic rings. The van der Waals surface area contributed by atoms with Gasteiger partial charge < -0.3 is 10.4 Å². The van der Waals surface area contributed by atoms with E-state index in [4.69, 9.17) is 0 Å².